The minimum atomic E-state index is -0.614. The summed E-state index contributed by atoms with van der Waals surface area (Å²) in [6, 6.07) is 2.05. The van der Waals surface area contributed by atoms with Gasteiger partial charge in [0.2, 0.25) is 0 Å². The third kappa shape index (κ3) is 2.41. The summed E-state index contributed by atoms with van der Waals surface area (Å²) in [6.07, 6.45) is 5.02. The van der Waals surface area contributed by atoms with Gasteiger partial charge < -0.3 is 14.3 Å². The van der Waals surface area contributed by atoms with Gasteiger partial charge in [-0.15, -0.1) is 0 Å². The molecule has 1 heterocycles. The van der Waals surface area contributed by atoms with E-state index in [0.29, 0.717) is 5.92 Å². The van der Waals surface area contributed by atoms with Crippen LogP contribution in [-0.2, 0) is 16.0 Å². The molecule has 0 aliphatic heterocycles. The third-order valence-corrected chi connectivity index (χ3v) is 8.01. The molecule has 2 fully saturated rings. The van der Waals surface area contributed by atoms with E-state index in [0.717, 1.165) is 25.0 Å². The molecule has 26 heavy (non-hydrogen) atoms. The molecule has 1 aromatic heterocycles. The molecular weight excluding hydrogens is 328 g/mol. The lowest BCUT2D eigenvalue weighted by Crippen LogP contribution is -2.65. The Kier molecular flexibility index (Phi) is 4.07. The molecule has 0 amide bonds. The highest BCUT2D eigenvalue weighted by atomic mass is 16.6. The highest BCUT2D eigenvalue weighted by Gasteiger charge is 2.64. The number of ether oxygens (including phenoxy) is 1. The summed E-state index contributed by atoms with van der Waals surface area (Å²) in [5, 5.41) is 11.5. The first-order valence-electron chi connectivity index (χ1n) is 10.1. The molecule has 0 saturated heterocycles. The molecule has 3 aliphatic carbocycles. The van der Waals surface area contributed by atoms with Gasteiger partial charge >= 0.3 is 5.97 Å². The predicted molar refractivity (Wildman–Crippen MR) is 98.6 cm³/mol. The van der Waals surface area contributed by atoms with Gasteiger partial charge in [0.1, 0.15) is 11.9 Å². The summed E-state index contributed by atoms with van der Waals surface area (Å²) in [7, 11) is 0. The number of rotatable bonds is 1. The summed E-state index contributed by atoms with van der Waals surface area (Å²) >= 11 is 0. The normalized spacial score (nSPS) is 43.8. The van der Waals surface area contributed by atoms with Crippen molar-refractivity contribution in [2.45, 2.75) is 78.4 Å². The Hall–Kier alpha value is -1.29. The van der Waals surface area contributed by atoms with Crippen molar-refractivity contribution in [2.75, 3.05) is 0 Å². The van der Waals surface area contributed by atoms with Crippen LogP contribution in [0.3, 0.4) is 0 Å². The van der Waals surface area contributed by atoms with E-state index in [2.05, 4.69) is 27.7 Å². The number of furan rings is 1. The van der Waals surface area contributed by atoms with Crippen LogP contribution in [0.4, 0.5) is 0 Å². The smallest absolute Gasteiger partial charge is 0.303 e. The fourth-order valence-electron chi connectivity index (χ4n) is 7.15. The molecule has 0 unspecified atom stereocenters. The monoisotopic (exact) mass is 360 g/mol. The Morgan fingerprint density at radius 2 is 2.04 bits per heavy atom. The molecule has 1 aromatic rings. The van der Waals surface area contributed by atoms with Crippen LogP contribution in [0.15, 0.2) is 16.7 Å². The molecule has 1 N–H and O–H groups in total. The number of fused-ring (bicyclic) bond motifs is 4. The van der Waals surface area contributed by atoms with E-state index in [1.54, 1.807) is 6.26 Å². The standard InChI is InChI=1S/C22H32O4/c1-12-14-7-10-25-16(14)11-15-17(12)19(26-13(2)23)18(24)20-21(3,4)8-6-9-22(15,20)5/h7,10,12,15,17-20,24H,6,8-9,11H2,1-5H3/t12-,15-,17-,18-,19+,20-,22+/m0/s1. The second kappa shape index (κ2) is 5.85. The lowest BCUT2D eigenvalue weighted by atomic mass is 9.42. The molecular formula is C22H32O4. The number of hydrogen-bond acceptors (Lipinski definition) is 4. The van der Waals surface area contributed by atoms with Gasteiger partial charge in [-0.3, -0.25) is 4.79 Å². The van der Waals surface area contributed by atoms with Gasteiger partial charge in [-0.05, 0) is 53.1 Å². The zero-order valence-corrected chi connectivity index (χ0v) is 16.6. The molecule has 0 radical (unpaired) electrons. The highest BCUT2D eigenvalue weighted by Crippen LogP contribution is 2.65. The van der Waals surface area contributed by atoms with E-state index in [1.807, 2.05) is 6.07 Å². The van der Waals surface area contributed by atoms with Crippen molar-refractivity contribution in [3.63, 3.8) is 0 Å². The zero-order chi connectivity index (χ0) is 18.9. The Bertz CT molecular complexity index is 705. The van der Waals surface area contributed by atoms with Crippen LogP contribution >= 0.6 is 0 Å². The molecule has 7 atom stereocenters. The van der Waals surface area contributed by atoms with Gasteiger partial charge in [-0.1, -0.05) is 34.1 Å². The molecule has 4 rings (SSSR count). The first kappa shape index (κ1) is 18.1. The summed E-state index contributed by atoms with van der Waals surface area (Å²) in [6.45, 7) is 10.6. The van der Waals surface area contributed by atoms with Crippen molar-refractivity contribution in [3.05, 3.63) is 23.7 Å². The second-order valence-corrected chi connectivity index (χ2v) is 9.87. The maximum absolute atomic E-state index is 11.9. The molecule has 144 valence electrons. The molecule has 0 aromatic carbocycles. The lowest BCUT2D eigenvalue weighted by molar-refractivity contribution is -0.227. The average molecular weight is 360 g/mol. The van der Waals surface area contributed by atoms with Crippen LogP contribution in [0.1, 0.15) is 71.1 Å². The summed E-state index contributed by atoms with van der Waals surface area (Å²) in [4.78, 5) is 11.9. The van der Waals surface area contributed by atoms with Gasteiger partial charge in [0.25, 0.3) is 0 Å². The van der Waals surface area contributed by atoms with Crippen molar-refractivity contribution in [1.82, 2.24) is 0 Å². The van der Waals surface area contributed by atoms with Crippen molar-refractivity contribution in [3.8, 4) is 0 Å². The van der Waals surface area contributed by atoms with Gasteiger partial charge in [0.05, 0.1) is 12.4 Å². The van der Waals surface area contributed by atoms with Crippen LogP contribution in [0.2, 0.25) is 0 Å². The quantitative estimate of drug-likeness (QED) is 0.758. The van der Waals surface area contributed by atoms with Crippen molar-refractivity contribution < 1.29 is 19.1 Å². The number of carbonyl (C=O) groups is 1. The molecule has 0 spiro atoms. The molecule has 2 saturated carbocycles. The van der Waals surface area contributed by atoms with Crippen molar-refractivity contribution >= 4 is 5.97 Å². The number of aliphatic hydroxyl groups is 1. The Balaban J connectivity index is 1.85. The van der Waals surface area contributed by atoms with Crippen LogP contribution in [0, 0.1) is 28.6 Å². The maximum Gasteiger partial charge on any atom is 0.303 e. The van der Waals surface area contributed by atoms with E-state index >= 15 is 0 Å². The Morgan fingerprint density at radius 1 is 1.31 bits per heavy atom. The molecule has 4 nitrogen and oxygen atoms in total. The van der Waals surface area contributed by atoms with Gasteiger partial charge in [0, 0.05) is 19.3 Å². The summed E-state index contributed by atoms with van der Waals surface area (Å²) < 4.78 is 11.6. The first-order valence-corrected chi connectivity index (χ1v) is 10.1. The highest BCUT2D eigenvalue weighted by molar-refractivity contribution is 5.66. The van der Waals surface area contributed by atoms with Gasteiger partial charge in [0.15, 0.2) is 0 Å². The fraction of sp³-hybridized carbons (Fsp3) is 0.773. The second-order valence-electron chi connectivity index (χ2n) is 9.87. The SMILES string of the molecule is CC(=O)O[C@H]1[C@H](O)[C@H]2C(C)(C)CCC[C@]2(C)[C@H]2Cc3occc3[C@H](C)[C@H]12. The van der Waals surface area contributed by atoms with Gasteiger partial charge in [-0.25, -0.2) is 0 Å². The average Bonchev–Trinajstić information content (AvgIpc) is 2.99. The Labute approximate surface area is 156 Å². The van der Waals surface area contributed by atoms with E-state index in [-0.39, 0.29) is 34.6 Å². The van der Waals surface area contributed by atoms with Crippen LogP contribution in [-0.4, -0.2) is 23.3 Å². The van der Waals surface area contributed by atoms with Crippen LogP contribution in [0.5, 0.6) is 0 Å². The Morgan fingerprint density at radius 3 is 2.73 bits per heavy atom. The maximum atomic E-state index is 11.9. The number of hydrogen-bond donors (Lipinski definition) is 1. The minimum absolute atomic E-state index is 0.0290. The number of carbonyl (C=O) groups excluding carboxylic acids is 1. The summed E-state index contributed by atoms with van der Waals surface area (Å²) in [5.41, 5.74) is 1.27. The molecule has 0 bridgehead atoms. The van der Waals surface area contributed by atoms with E-state index < -0.39 is 12.2 Å². The third-order valence-electron chi connectivity index (χ3n) is 8.01. The largest absolute Gasteiger partial charge is 0.469 e. The molecule has 4 heteroatoms. The fourth-order valence-corrected chi connectivity index (χ4v) is 7.15. The lowest BCUT2D eigenvalue weighted by Gasteiger charge is -2.64. The van der Waals surface area contributed by atoms with E-state index in [1.165, 1.54) is 18.9 Å². The predicted octanol–water partition coefficient (Wildman–Crippen LogP) is 4.31. The molecule has 3 aliphatic rings. The van der Waals surface area contributed by atoms with Crippen molar-refractivity contribution in [2.24, 2.45) is 28.6 Å². The number of esters is 1. The summed E-state index contributed by atoms with van der Waals surface area (Å²) in [5.74, 6) is 1.61. The van der Waals surface area contributed by atoms with Crippen LogP contribution in [0.25, 0.3) is 0 Å². The number of aliphatic hydroxyl groups excluding tert-OH is 1. The van der Waals surface area contributed by atoms with E-state index in [4.69, 9.17) is 9.15 Å². The minimum Gasteiger partial charge on any atom is -0.469 e. The van der Waals surface area contributed by atoms with E-state index in [9.17, 15) is 9.90 Å². The first-order chi connectivity index (χ1) is 12.2. The topological polar surface area (TPSA) is 59.7 Å². The van der Waals surface area contributed by atoms with Crippen molar-refractivity contribution in [1.29, 1.82) is 0 Å². The van der Waals surface area contributed by atoms with Gasteiger partial charge in [-0.2, -0.15) is 0 Å². The van der Waals surface area contributed by atoms with Crippen LogP contribution < -0.4 is 0 Å². The zero-order valence-electron chi connectivity index (χ0n) is 16.6.